The second kappa shape index (κ2) is 7.74. The summed E-state index contributed by atoms with van der Waals surface area (Å²) in [4.78, 5) is 12.0. The van der Waals surface area contributed by atoms with E-state index in [1.807, 2.05) is 12.3 Å². The van der Waals surface area contributed by atoms with Crippen LogP contribution in [-0.2, 0) is 5.75 Å². The molecule has 0 radical (unpaired) electrons. The Labute approximate surface area is 124 Å². The quantitative estimate of drug-likeness (QED) is 0.847. The number of thioether (sulfide) groups is 1. The zero-order chi connectivity index (χ0) is 14.4. The van der Waals surface area contributed by atoms with E-state index in [1.54, 1.807) is 17.8 Å². The third kappa shape index (κ3) is 4.03. The van der Waals surface area contributed by atoms with Gasteiger partial charge in [-0.05, 0) is 43.1 Å². The molecule has 0 aromatic carbocycles. The Hall–Kier alpha value is -0.940. The molecule has 0 aliphatic heterocycles. The summed E-state index contributed by atoms with van der Waals surface area (Å²) in [7, 11) is 0. The van der Waals surface area contributed by atoms with Gasteiger partial charge >= 0.3 is 0 Å². The second-order valence-corrected chi connectivity index (χ2v) is 6.26. The van der Waals surface area contributed by atoms with Crippen LogP contribution in [0, 0.1) is 11.8 Å². The highest BCUT2D eigenvalue weighted by Crippen LogP contribution is 2.29. The highest BCUT2D eigenvalue weighted by Gasteiger charge is 2.25. The second-order valence-electron chi connectivity index (χ2n) is 5.40. The lowest BCUT2D eigenvalue weighted by Gasteiger charge is -2.30. The van der Waals surface area contributed by atoms with E-state index in [1.165, 1.54) is 12.8 Å². The van der Waals surface area contributed by atoms with Gasteiger partial charge in [-0.1, -0.05) is 12.8 Å². The third-order valence-electron chi connectivity index (χ3n) is 4.00. The van der Waals surface area contributed by atoms with E-state index in [0.29, 0.717) is 24.1 Å². The molecule has 2 atom stereocenters. The SMILES string of the molecule is CSCc1ccc(C(=O)NCC2CCCCC2CO)o1. The summed E-state index contributed by atoms with van der Waals surface area (Å²) < 4.78 is 5.50. The predicted octanol–water partition coefficient (Wildman–Crippen LogP) is 2.67. The fourth-order valence-corrected chi connectivity index (χ4v) is 3.26. The number of aliphatic hydroxyl groups is 1. The molecule has 1 aromatic rings. The fourth-order valence-electron chi connectivity index (χ4n) is 2.82. The lowest BCUT2D eigenvalue weighted by atomic mass is 9.79. The van der Waals surface area contributed by atoms with Gasteiger partial charge < -0.3 is 14.8 Å². The molecular formula is C15H23NO3S. The molecule has 2 rings (SSSR count). The van der Waals surface area contributed by atoms with Gasteiger partial charge in [0.25, 0.3) is 5.91 Å². The van der Waals surface area contributed by atoms with Crippen molar-refractivity contribution in [1.29, 1.82) is 0 Å². The van der Waals surface area contributed by atoms with Gasteiger partial charge in [0.1, 0.15) is 5.76 Å². The number of hydrogen-bond acceptors (Lipinski definition) is 4. The van der Waals surface area contributed by atoms with E-state index in [2.05, 4.69) is 5.32 Å². The molecular weight excluding hydrogens is 274 g/mol. The lowest BCUT2D eigenvalue weighted by Crippen LogP contribution is -2.35. The first-order valence-electron chi connectivity index (χ1n) is 7.21. The van der Waals surface area contributed by atoms with E-state index in [-0.39, 0.29) is 12.5 Å². The first-order valence-corrected chi connectivity index (χ1v) is 8.60. The zero-order valence-electron chi connectivity index (χ0n) is 11.9. The van der Waals surface area contributed by atoms with Gasteiger partial charge in [-0.3, -0.25) is 4.79 Å². The number of carbonyl (C=O) groups excluding carboxylic acids is 1. The molecule has 4 nitrogen and oxygen atoms in total. The van der Waals surface area contributed by atoms with E-state index >= 15 is 0 Å². The Morgan fingerprint density at radius 2 is 2.15 bits per heavy atom. The van der Waals surface area contributed by atoms with Crippen LogP contribution in [0.15, 0.2) is 16.5 Å². The molecule has 1 heterocycles. The third-order valence-corrected chi connectivity index (χ3v) is 4.57. The van der Waals surface area contributed by atoms with E-state index in [9.17, 15) is 9.90 Å². The summed E-state index contributed by atoms with van der Waals surface area (Å²) in [5, 5.41) is 12.3. The monoisotopic (exact) mass is 297 g/mol. The number of aliphatic hydroxyl groups excluding tert-OH is 1. The van der Waals surface area contributed by atoms with Crippen molar-refractivity contribution in [1.82, 2.24) is 5.32 Å². The summed E-state index contributed by atoms with van der Waals surface area (Å²) in [6.45, 7) is 0.849. The van der Waals surface area contributed by atoms with Gasteiger partial charge in [0.2, 0.25) is 0 Å². The Kier molecular flexibility index (Phi) is 5.98. The van der Waals surface area contributed by atoms with Crippen LogP contribution in [0.5, 0.6) is 0 Å². The van der Waals surface area contributed by atoms with Crippen molar-refractivity contribution in [2.75, 3.05) is 19.4 Å². The molecule has 1 fully saturated rings. The van der Waals surface area contributed by atoms with Crippen LogP contribution in [0.3, 0.4) is 0 Å². The summed E-state index contributed by atoms with van der Waals surface area (Å²) in [6, 6.07) is 3.58. The Morgan fingerprint density at radius 1 is 1.40 bits per heavy atom. The van der Waals surface area contributed by atoms with Crippen molar-refractivity contribution in [3.63, 3.8) is 0 Å². The maximum absolute atomic E-state index is 12.0. The number of carbonyl (C=O) groups is 1. The van der Waals surface area contributed by atoms with Crippen molar-refractivity contribution in [2.24, 2.45) is 11.8 Å². The first kappa shape index (κ1) is 15.4. The van der Waals surface area contributed by atoms with Crippen LogP contribution in [0.2, 0.25) is 0 Å². The minimum absolute atomic E-state index is 0.153. The van der Waals surface area contributed by atoms with Gasteiger partial charge in [-0.2, -0.15) is 11.8 Å². The van der Waals surface area contributed by atoms with Crippen LogP contribution in [0.25, 0.3) is 0 Å². The maximum atomic E-state index is 12.0. The molecule has 1 aliphatic carbocycles. The zero-order valence-corrected chi connectivity index (χ0v) is 12.7. The number of hydrogen-bond donors (Lipinski definition) is 2. The number of furan rings is 1. The van der Waals surface area contributed by atoms with E-state index in [0.717, 1.165) is 24.4 Å². The number of amides is 1. The molecule has 1 aliphatic rings. The van der Waals surface area contributed by atoms with Crippen LogP contribution < -0.4 is 5.32 Å². The number of nitrogens with one attached hydrogen (secondary N) is 1. The summed E-state index contributed by atoms with van der Waals surface area (Å²) in [6.07, 6.45) is 6.53. The van der Waals surface area contributed by atoms with Crippen molar-refractivity contribution in [2.45, 2.75) is 31.4 Å². The summed E-state index contributed by atoms with van der Waals surface area (Å²) in [5.41, 5.74) is 0. The molecule has 1 saturated carbocycles. The molecule has 20 heavy (non-hydrogen) atoms. The minimum Gasteiger partial charge on any atom is -0.455 e. The van der Waals surface area contributed by atoms with Crippen LogP contribution in [-0.4, -0.2) is 30.4 Å². The highest BCUT2D eigenvalue weighted by molar-refractivity contribution is 7.97. The average molecular weight is 297 g/mol. The van der Waals surface area contributed by atoms with Crippen molar-refractivity contribution >= 4 is 17.7 Å². The van der Waals surface area contributed by atoms with Gasteiger partial charge in [-0.15, -0.1) is 0 Å². The van der Waals surface area contributed by atoms with Gasteiger partial charge in [0, 0.05) is 13.2 Å². The van der Waals surface area contributed by atoms with Crippen molar-refractivity contribution in [3.8, 4) is 0 Å². The maximum Gasteiger partial charge on any atom is 0.287 e. The van der Waals surface area contributed by atoms with Gasteiger partial charge in [0.05, 0.1) is 5.75 Å². The summed E-state index contributed by atoms with van der Waals surface area (Å²) >= 11 is 1.67. The largest absolute Gasteiger partial charge is 0.455 e. The van der Waals surface area contributed by atoms with Gasteiger partial charge in [0.15, 0.2) is 5.76 Å². The molecule has 2 N–H and O–H groups in total. The topological polar surface area (TPSA) is 62.5 Å². The fraction of sp³-hybridized carbons (Fsp3) is 0.667. The lowest BCUT2D eigenvalue weighted by molar-refractivity contribution is 0.0882. The van der Waals surface area contributed by atoms with Crippen LogP contribution >= 0.6 is 11.8 Å². The van der Waals surface area contributed by atoms with Crippen molar-refractivity contribution < 1.29 is 14.3 Å². The normalized spacial score (nSPS) is 22.7. The molecule has 1 amide bonds. The van der Waals surface area contributed by atoms with Crippen LogP contribution in [0.1, 0.15) is 42.0 Å². The standard InChI is InChI=1S/C15H23NO3S/c1-20-10-13-6-7-14(19-13)15(18)16-8-11-4-2-3-5-12(11)9-17/h6-7,11-12,17H,2-5,8-10H2,1H3,(H,16,18). The molecule has 5 heteroatoms. The Morgan fingerprint density at radius 3 is 2.85 bits per heavy atom. The first-order chi connectivity index (χ1) is 9.74. The van der Waals surface area contributed by atoms with E-state index < -0.39 is 0 Å². The summed E-state index contributed by atoms with van der Waals surface area (Å²) in [5.74, 6) is 2.55. The van der Waals surface area contributed by atoms with Crippen molar-refractivity contribution in [3.05, 3.63) is 23.7 Å². The average Bonchev–Trinajstić information content (AvgIpc) is 2.94. The molecule has 0 saturated heterocycles. The molecule has 1 aromatic heterocycles. The predicted molar refractivity (Wildman–Crippen MR) is 80.8 cm³/mol. The number of rotatable bonds is 6. The van der Waals surface area contributed by atoms with Crippen LogP contribution in [0.4, 0.5) is 0 Å². The molecule has 2 unspecified atom stereocenters. The molecule has 0 spiro atoms. The smallest absolute Gasteiger partial charge is 0.287 e. The molecule has 0 bridgehead atoms. The van der Waals surface area contributed by atoms with Gasteiger partial charge in [-0.25, -0.2) is 0 Å². The minimum atomic E-state index is -0.153. The Balaban J connectivity index is 1.84. The Bertz CT molecular complexity index is 433. The molecule has 112 valence electrons. The van der Waals surface area contributed by atoms with E-state index in [4.69, 9.17) is 4.42 Å². The highest BCUT2D eigenvalue weighted by atomic mass is 32.2.